The van der Waals surface area contributed by atoms with Crippen LogP contribution in [-0.2, 0) is 6.54 Å². The Morgan fingerprint density at radius 2 is 2.24 bits per heavy atom. The number of carboxylic acid groups (broad SMARTS) is 1. The summed E-state index contributed by atoms with van der Waals surface area (Å²) in [5, 5.41) is 13.0. The molecule has 0 aliphatic carbocycles. The molecule has 6 nitrogen and oxygen atoms in total. The Morgan fingerprint density at radius 3 is 2.81 bits per heavy atom. The van der Waals surface area contributed by atoms with Gasteiger partial charge in [-0.1, -0.05) is 6.92 Å². The number of anilines is 1. The SMILES string of the molecule is CCCN(C)c1cnn(Cc2ccc(C(=O)O)s2)c(=O)c1. The third kappa shape index (κ3) is 3.69. The summed E-state index contributed by atoms with van der Waals surface area (Å²) in [6, 6.07) is 4.80. The Kier molecular flexibility index (Phi) is 4.74. The number of rotatable bonds is 6. The summed E-state index contributed by atoms with van der Waals surface area (Å²) in [6.07, 6.45) is 2.65. The molecule has 1 N–H and O–H groups in total. The standard InChI is InChI=1S/C14H17N3O3S/c1-3-6-16(2)10-7-13(18)17(15-8-10)9-11-4-5-12(21-11)14(19)20/h4-5,7-8H,3,6,9H2,1-2H3,(H,19,20). The number of hydrogen-bond donors (Lipinski definition) is 1. The molecule has 0 aromatic carbocycles. The lowest BCUT2D eigenvalue weighted by atomic mass is 10.3. The van der Waals surface area contributed by atoms with Crippen molar-refractivity contribution in [2.75, 3.05) is 18.5 Å². The van der Waals surface area contributed by atoms with E-state index in [0.717, 1.165) is 34.9 Å². The fourth-order valence-corrected chi connectivity index (χ4v) is 2.77. The van der Waals surface area contributed by atoms with Crippen LogP contribution in [0.2, 0.25) is 0 Å². The lowest BCUT2D eigenvalue weighted by Gasteiger charge is -2.17. The van der Waals surface area contributed by atoms with Crippen LogP contribution in [0.5, 0.6) is 0 Å². The molecule has 0 fully saturated rings. The van der Waals surface area contributed by atoms with E-state index in [0.29, 0.717) is 0 Å². The molecule has 2 aromatic rings. The van der Waals surface area contributed by atoms with Crippen molar-refractivity contribution < 1.29 is 9.90 Å². The molecular formula is C14H17N3O3S. The van der Waals surface area contributed by atoms with E-state index in [1.54, 1.807) is 18.3 Å². The minimum absolute atomic E-state index is 0.194. The van der Waals surface area contributed by atoms with Crippen LogP contribution in [0.25, 0.3) is 0 Å². The zero-order valence-electron chi connectivity index (χ0n) is 11.9. The van der Waals surface area contributed by atoms with E-state index in [9.17, 15) is 9.59 Å². The Labute approximate surface area is 126 Å². The summed E-state index contributed by atoms with van der Waals surface area (Å²) in [5.41, 5.74) is 0.594. The fourth-order valence-electron chi connectivity index (χ4n) is 1.94. The van der Waals surface area contributed by atoms with E-state index in [1.165, 1.54) is 10.7 Å². The van der Waals surface area contributed by atoms with Crippen molar-refractivity contribution in [3.63, 3.8) is 0 Å². The molecule has 0 bridgehead atoms. The van der Waals surface area contributed by atoms with Gasteiger partial charge in [0.2, 0.25) is 0 Å². The van der Waals surface area contributed by atoms with Gasteiger partial charge in [-0.05, 0) is 18.6 Å². The molecule has 0 radical (unpaired) electrons. The molecule has 0 amide bonds. The maximum Gasteiger partial charge on any atom is 0.345 e. The van der Waals surface area contributed by atoms with Gasteiger partial charge in [0.15, 0.2) is 0 Å². The minimum Gasteiger partial charge on any atom is -0.477 e. The molecule has 2 aromatic heterocycles. The number of aromatic nitrogens is 2. The average Bonchev–Trinajstić information content (AvgIpc) is 2.90. The monoisotopic (exact) mass is 307 g/mol. The quantitative estimate of drug-likeness (QED) is 0.882. The number of carboxylic acids is 1. The third-order valence-electron chi connectivity index (χ3n) is 3.03. The van der Waals surface area contributed by atoms with Gasteiger partial charge in [-0.25, -0.2) is 9.48 Å². The summed E-state index contributed by atoms with van der Waals surface area (Å²) in [5.74, 6) is -0.955. The number of nitrogens with zero attached hydrogens (tertiary/aromatic N) is 3. The van der Waals surface area contributed by atoms with Crippen molar-refractivity contribution in [2.24, 2.45) is 0 Å². The molecule has 7 heteroatoms. The van der Waals surface area contributed by atoms with Gasteiger partial charge in [0.25, 0.3) is 5.56 Å². The van der Waals surface area contributed by atoms with Gasteiger partial charge in [-0.15, -0.1) is 11.3 Å². The van der Waals surface area contributed by atoms with Crippen LogP contribution in [0.4, 0.5) is 5.69 Å². The maximum absolute atomic E-state index is 12.1. The normalized spacial score (nSPS) is 10.6. The van der Waals surface area contributed by atoms with Gasteiger partial charge < -0.3 is 10.0 Å². The molecule has 0 unspecified atom stereocenters. The third-order valence-corrected chi connectivity index (χ3v) is 4.09. The number of hydrogen-bond acceptors (Lipinski definition) is 5. The zero-order valence-corrected chi connectivity index (χ0v) is 12.8. The smallest absolute Gasteiger partial charge is 0.345 e. The van der Waals surface area contributed by atoms with Crippen molar-refractivity contribution >= 4 is 23.0 Å². The van der Waals surface area contributed by atoms with E-state index in [-0.39, 0.29) is 17.0 Å². The van der Waals surface area contributed by atoms with Crippen LogP contribution in [-0.4, -0.2) is 34.4 Å². The molecule has 112 valence electrons. The number of carbonyl (C=O) groups is 1. The first-order chi connectivity index (χ1) is 10.0. The maximum atomic E-state index is 12.1. The molecule has 0 saturated heterocycles. The van der Waals surface area contributed by atoms with Crippen molar-refractivity contribution in [3.8, 4) is 0 Å². The van der Waals surface area contributed by atoms with Crippen molar-refractivity contribution in [1.82, 2.24) is 9.78 Å². The highest BCUT2D eigenvalue weighted by atomic mass is 32.1. The van der Waals surface area contributed by atoms with Crippen LogP contribution >= 0.6 is 11.3 Å². The predicted molar refractivity (Wildman–Crippen MR) is 82.4 cm³/mol. The highest BCUT2D eigenvalue weighted by Gasteiger charge is 2.09. The van der Waals surface area contributed by atoms with Gasteiger partial charge in [0, 0.05) is 24.5 Å². The lowest BCUT2D eigenvalue weighted by Crippen LogP contribution is -2.26. The first kappa shape index (κ1) is 15.2. The van der Waals surface area contributed by atoms with E-state index in [4.69, 9.17) is 5.11 Å². The average molecular weight is 307 g/mol. The second kappa shape index (κ2) is 6.53. The molecule has 0 aliphatic rings. The summed E-state index contributed by atoms with van der Waals surface area (Å²) < 4.78 is 1.33. The fraction of sp³-hybridized carbons (Fsp3) is 0.357. The largest absolute Gasteiger partial charge is 0.477 e. The highest BCUT2D eigenvalue weighted by molar-refractivity contribution is 7.13. The van der Waals surface area contributed by atoms with Gasteiger partial charge in [-0.3, -0.25) is 4.79 Å². The summed E-state index contributed by atoms with van der Waals surface area (Å²) >= 11 is 1.15. The molecule has 0 spiro atoms. The second-order valence-electron chi connectivity index (χ2n) is 4.70. The van der Waals surface area contributed by atoms with Crippen LogP contribution < -0.4 is 10.5 Å². The summed E-state index contributed by atoms with van der Waals surface area (Å²) in [7, 11) is 1.92. The van der Waals surface area contributed by atoms with Crippen molar-refractivity contribution in [1.29, 1.82) is 0 Å². The molecule has 0 atom stereocenters. The Morgan fingerprint density at radius 1 is 1.48 bits per heavy atom. The van der Waals surface area contributed by atoms with Crippen LogP contribution in [0.3, 0.4) is 0 Å². The van der Waals surface area contributed by atoms with Crippen molar-refractivity contribution in [3.05, 3.63) is 44.5 Å². The van der Waals surface area contributed by atoms with Crippen molar-refractivity contribution in [2.45, 2.75) is 19.9 Å². The topological polar surface area (TPSA) is 75.4 Å². The van der Waals surface area contributed by atoms with Gasteiger partial charge >= 0.3 is 5.97 Å². The summed E-state index contributed by atoms with van der Waals surface area (Å²) in [4.78, 5) is 25.9. The van der Waals surface area contributed by atoms with Gasteiger partial charge in [0.05, 0.1) is 18.4 Å². The molecule has 0 aliphatic heterocycles. The lowest BCUT2D eigenvalue weighted by molar-refractivity contribution is 0.0702. The first-order valence-corrected chi connectivity index (χ1v) is 7.43. The zero-order chi connectivity index (χ0) is 15.4. The van der Waals surface area contributed by atoms with Crippen LogP contribution in [0.1, 0.15) is 27.9 Å². The minimum atomic E-state index is -0.955. The van der Waals surface area contributed by atoms with E-state index in [1.807, 2.05) is 11.9 Å². The molecular weight excluding hydrogens is 290 g/mol. The molecule has 21 heavy (non-hydrogen) atoms. The van der Waals surface area contributed by atoms with Gasteiger partial charge in [-0.2, -0.15) is 5.10 Å². The van der Waals surface area contributed by atoms with Crippen LogP contribution in [0, 0.1) is 0 Å². The first-order valence-electron chi connectivity index (χ1n) is 6.61. The Bertz CT molecular complexity index is 693. The number of aromatic carboxylic acids is 1. The Hall–Kier alpha value is -2.15. The summed E-state index contributed by atoms with van der Waals surface area (Å²) in [6.45, 7) is 3.22. The molecule has 2 heterocycles. The van der Waals surface area contributed by atoms with E-state index >= 15 is 0 Å². The highest BCUT2D eigenvalue weighted by Crippen LogP contribution is 2.17. The van der Waals surface area contributed by atoms with Crippen LogP contribution in [0.15, 0.2) is 29.2 Å². The number of thiophene rings is 1. The van der Waals surface area contributed by atoms with Gasteiger partial charge in [0.1, 0.15) is 4.88 Å². The van der Waals surface area contributed by atoms with E-state index in [2.05, 4.69) is 12.0 Å². The van der Waals surface area contributed by atoms with E-state index < -0.39 is 5.97 Å². The Balaban J connectivity index is 2.17. The molecule has 0 saturated carbocycles. The second-order valence-corrected chi connectivity index (χ2v) is 5.87. The molecule has 2 rings (SSSR count). The predicted octanol–water partition coefficient (Wildman–Crippen LogP) is 1.90.